The van der Waals surface area contributed by atoms with Gasteiger partial charge in [0.1, 0.15) is 18.2 Å². The zero-order valence-corrected chi connectivity index (χ0v) is 22.4. The first-order chi connectivity index (χ1) is 16.2. The van der Waals surface area contributed by atoms with Crippen molar-refractivity contribution in [3.63, 3.8) is 0 Å². The number of nitrogens with zero attached hydrogens (tertiary/aromatic N) is 3. The molecule has 4 rings (SSSR count). The number of benzene rings is 3. The number of carboxylic acid groups (broad SMARTS) is 1. The molecule has 4 aromatic rings. The van der Waals surface area contributed by atoms with Crippen LogP contribution in [0.15, 0.2) is 77.9 Å². The summed E-state index contributed by atoms with van der Waals surface area (Å²) in [6.07, 6.45) is 1.57. The molecule has 0 radical (unpaired) electrons. The molecule has 34 heavy (non-hydrogen) atoms. The first-order valence-corrected chi connectivity index (χ1v) is 12.3. The minimum atomic E-state index is -0.989. The molecule has 1 aromatic heterocycles. The third-order valence-corrected chi connectivity index (χ3v) is 6.54. The lowest BCUT2D eigenvalue weighted by atomic mass is 10.1. The van der Waals surface area contributed by atoms with Crippen molar-refractivity contribution in [3.8, 4) is 5.75 Å². The standard InChI is InChI=1S/C24H16Br3N3O4/c1-13-29-21-6-5-17(25)10-18(21)23(31)30(13)28-11-15-8-19(26)22(20(27)9-15)34-12-14-3-2-4-16(7-14)24(32)33/h2-11H,12H2,1H3,(H,32,33). The number of halogens is 3. The van der Waals surface area contributed by atoms with E-state index in [-0.39, 0.29) is 17.7 Å². The van der Waals surface area contributed by atoms with Gasteiger partial charge in [0.15, 0.2) is 0 Å². The van der Waals surface area contributed by atoms with Gasteiger partial charge in [-0.1, -0.05) is 28.1 Å². The van der Waals surface area contributed by atoms with Gasteiger partial charge in [0, 0.05) is 4.47 Å². The summed E-state index contributed by atoms with van der Waals surface area (Å²) in [5.74, 6) is 0.0395. The average Bonchev–Trinajstić information content (AvgIpc) is 2.79. The van der Waals surface area contributed by atoms with Crippen LogP contribution in [-0.2, 0) is 6.61 Å². The van der Waals surface area contributed by atoms with Gasteiger partial charge in [0.05, 0.1) is 31.6 Å². The van der Waals surface area contributed by atoms with E-state index in [4.69, 9.17) is 9.84 Å². The van der Waals surface area contributed by atoms with E-state index in [1.54, 1.807) is 43.5 Å². The monoisotopic (exact) mass is 647 g/mol. The molecule has 7 nitrogen and oxygen atoms in total. The maximum atomic E-state index is 12.9. The van der Waals surface area contributed by atoms with E-state index in [9.17, 15) is 9.59 Å². The summed E-state index contributed by atoms with van der Waals surface area (Å²) in [6, 6.07) is 15.5. The normalized spacial score (nSPS) is 11.3. The minimum absolute atomic E-state index is 0.193. The van der Waals surface area contributed by atoms with Gasteiger partial charge in [-0.2, -0.15) is 9.78 Å². The van der Waals surface area contributed by atoms with E-state index < -0.39 is 5.97 Å². The molecule has 0 amide bonds. The lowest BCUT2D eigenvalue weighted by molar-refractivity contribution is 0.0696. The van der Waals surface area contributed by atoms with E-state index in [0.717, 1.165) is 15.6 Å². The average molecular weight is 650 g/mol. The Labute approximate surface area is 219 Å². The molecule has 1 N–H and O–H groups in total. The van der Waals surface area contributed by atoms with Crippen LogP contribution in [0.3, 0.4) is 0 Å². The first kappa shape index (κ1) is 24.3. The number of ether oxygens (including phenoxy) is 1. The Morgan fingerprint density at radius 3 is 2.56 bits per heavy atom. The first-order valence-electron chi connectivity index (χ1n) is 9.90. The van der Waals surface area contributed by atoms with Crippen LogP contribution in [0.2, 0.25) is 0 Å². The molecule has 0 bridgehead atoms. The maximum absolute atomic E-state index is 12.9. The van der Waals surface area contributed by atoms with Crippen molar-refractivity contribution < 1.29 is 14.6 Å². The van der Waals surface area contributed by atoms with Crippen LogP contribution in [-0.4, -0.2) is 27.0 Å². The second-order valence-corrected chi connectivity index (χ2v) is 9.91. The van der Waals surface area contributed by atoms with Crippen molar-refractivity contribution in [2.75, 3.05) is 0 Å². The summed E-state index contributed by atoms with van der Waals surface area (Å²) in [6.45, 7) is 1.92. The lowest BCUT2D eigenvalue weighted by Crippen LogP contribution is -2.20. The molecule has 172 valence electrons. The number of aromatic nitrogens is 2. The Bertz CT molecular complexity index is 1490. The minimum Gasteiger partial charge on any atom is -0.487 e. The number of aromatic carboxylic acids is 1. The molecule has 0 spiro atoms. The van der Waals surface area contributed by atoms with Crippen LogP contribution < -0.4 is 10.3 Å². The molecule has 0 atom stereocenters. The molecule has 0 fully saturated rings. The zero-order chi connectivity index (χ0) is 24.4. The third-order valence-electron chi connectivity index (χ3n) is 4.87. The fourth-order valence-corrected chi connectivity index (χ4v) is 5.07. The fourth-order valence-electron chi connectivity index (χ4n) is 3.26. The summed E-state index contributed by atoms with van der Waals surface area (Å²) < 4.78 is 9.29. The Hall–Kier alpha value is -2.82. The van der Waals surface area contributed by atoms with Crippen molar-refractivity contribution in [2.45, 2.75) is 13.5 Å². The molecule has 0 aliphatic heterocycles. The SMILES string of the molecule is Cc1nc2ccc(Br)cc2c(=O)n1N=Cc1cc(Br)c(OCc2cccc(C(=O)O)c2)c(Br)c1. The largest absolute Gasteiger partial charge is 0.487 e. The topological polar surface area (TPSA) is 93.8 Å². The van der Waals surface area contributed by atoms with Crippen LogP contribution in [0.4, 0.5) is 0 Å². The molecule has 10 heteroatoms. The van der Waals surface area contributed by atoms with Crippen LogP contribution in [0.25, 0.3) is 10.9 Å². The Kier molecular flexibility index (Phi) is 7.30. The summed E-state index contributed by atoms with van der Waals surface area (Å²) in [5, 5.41) is 14.0. The molecule has 0 aliphatic rings. The molecule has 0 aliphatic carbocycles. The van der Waals surface area contributed by atoms with Crippen molar-refractivity contribution >= 4 is 70.9 Å². The van der Waals surface area contributed by atoms with Gasteiger partial charge in [0.2, 0.25) is 0 Å². The highest BCUT2D eigenvalue weighted by atomic mass is 79.9. The van der Waals surface area contributed by atoms with E-state index in [2.05, 4.69) is 57.9 Å². The second kappa shape index (κ2) is 10.2. The van der Waals surface area contributed by atoms with Crippen LogP contribution in [0.5, 0.6) is 5.75 Å². The molecule has 3 aromatic carbocycles. The number of hydrogen-bond donors (Lipinski definition) is 1. The summed E-state index contributed by atoms with van der Waals surface area (Å²) in [4.78, 5) is 28.5. The van der Waals surface area contributed by atoms with Crippen LogP contribution in [0.1, 0.15) is 27.3 Å². The number of fused-ring (bicyclic) bond motifs is 1. The van der Waals surface area contributed by atoms with E-state index in [1.807, 2.05) is 18.2 Å². The highest BCUT2D eigenvalue weighted by Gasteiger charge is 2.11. The summed E-state index contributed by atoms with van der Waals surface area (Å²) >= 11 is 10.4. The number of aryl methyl sites for hydroxylation is 1. The number of hydrogen-bond acceptors (Lipinski definition) is 5. The lowest BCUT2D eigenvalue weighted by Gasteiger charge is -2.12. The second-order valence-electron chi connectivity index (χ2n) is 7.29. The van der Waals surface area contributed by atoms with Gasteiger partial charge in [0.25, 0.3) is 5.56 Å². The van der Waals surface area contributed by atoms with E-state index in [0.29, 0.717) is 31.4 Å². The van der Waals surface area contributed by atoms with Gasteiger partial charge in [-0.3, -0.25) is 4.79 Å². The predicted molar refractivity (Wildman–Crippen MR) is 141 cm³/mol. The Balaban J connectivity index is 1.58. The van der Waals surface area contributed by atoms with E-state index >= 15 is 0 Å². The van der Waals surface area contributed by atoms with Crippen molar-refractivity contribution in [1.82, 2.24) is 9.66 Å². The molecule has 0 saturated carbocycles. The maximum Gasteiger partial charge on any atom is 0.335 e. The highest BCUT2D eigenvalue weighted by Crippen LogP contribution is 2.35. The van der Waals surface area contributed by atoms with Crippen molar-refractivity contribution in [2.24, 2.45) is 5.10 Å². The number of carbonyl (C=O) groups is 1. The van der Waals surface area contributed by atoms with Crippen molar-refractivity contribution in [3.05, 3.63) is 101 Å². The molecule has 1 heterocycles. The van der Waals surface area contributed by atoms with Gasteiger partial charge in [-0.05, 0) is 92.4 Å². The molecular formula is C24H16Br3N3O4. The fraction of sp³-hybridized carbons (Fsp3) is 0.0833. The van der Waals surface area contributed by atoms with E-state index in [1.165, 1.54) is 10.7 Å². The summed E-state index contributed by atoms with van der Waals surface area (Å²) in [7, 11) is 0. The zero-order valence-electron chi connectivity index (χ0n) is 17.6. The van der Waals surface area contributed by atoms with Gasteiger partial charge < -0.3 is 9.84 Å². The third kappa shape index (κ3) is 5.29. The molecule has 0 saturated heterocycles. The molecule has 0 unspecified atom stereocenters. The van der Waals surface area contributed by atoms with Gasteiger partial charge in [-0.15, -0.1) is 0 Å². The molecular weight excluding hydrogens is 634 g/mol. The summed E-state index contributed by atoms with van der Waals surface area (Å²) in [5.41, 5.74) is 2.00. The van der Waals surface area contributed by atoms with Crippen molar-refractivity contribution in [1.29, 1.82) is 0 Å². The van der Waals surface area contributed by atoms with Crippen LogP contribution in [0, 0.1) is 6.92 Å². The Morgan fingerprint density at radius 1 is 1.12 bits per heavy atom. The quantitative estimate of drug-likeness (QED) is 0.253. The smallest absolute Gasteiger partial charge is 0.335 e. The number of carboxylic acids is 1. The Morgan fingerprint density at radius 2 is 1.85 bits per heavy atom. The van der Waals surface area contributed by atoms with Crippen LogP contribution >= 0.6 is 47.8 Å². The highest BCUT2D eigenvalue weighted by molar-refractivity contribution is 9.11. The van der Waals surface area contributed by atoms with Gasteiger partial charge in [-0.25, -0.2) is 9.78 Å². The predicted octanol–water partition coefficient (Wildman–Crippen LogP) is 6.15. The number of rotatable bonds is 6. The van der Waals surface area contributed by atoms with Gasteiger partial charge >= 0.3 is 5.97 Å².